The smallest absolute Gasteiger partial charge is 0.430 e. The highest BCUT2D eigenvalue weighted by Crippen LogP contribution is 2.51. The highest BCUT2D eigenvalue weighted by Gasteiger charge is 2.71. The minimum atomic E-state index is -6.04. The maximum Gasteiger partial charge on any atom is 0.430 e. The number of aryl methyl sites for hydroxylation is 1. The molecular weight excluding hydrogens is 583 g/mol. The van der Waals surface area contributed by atoms with Gasteiger partial charge in [-0.2, -0.15) is 26.3 Å². The fourth-order valence-corrected chi connectivity index (χ4v) is 4.93. The maximum atomic E-state index is 13.7. The summed E-state index contributed by atoms with van der Waals surface area (Å²) in [5.41, 5.74) is -5.66. The number of carbonyl (C=O) groups excluding carboxylic acids is 1. The molecule has 12 heteroatoms. The molecule has 3 aromatic rings. The third-order valence-electron chi connectivity index (χ3n) is 6.86. The van der Waals surface area contributed by atoms with Gasteiger partial charge in [0.2, 0.25) is 5.91 Å². The summed E-state index contributed by atoms with van der Waals surface area (Å²) >= 11 is 12.0. The van der Waals surface area contributed by atoms with Gasteiger partial charge in [0.25, 0.3) is 5.60 Å². The summed E-state index contributed by atoms with van der Waals surface area (Å²) in [7, 11) is 0. The van der Waals surface area contributed by atoms with Gasteiger partial charge in [-0.3, -0.25) is 4.79 Å². The minimum Gasteiger partial charge on any atom is -0.489 e. The number of aliphatic hydroxyl groups is 1. The molecule has 0 radical (unpaired) electrons. The molecule has 214 valence electrons. The van der Waals surface area contributed by atoms with Gasteiger partial charge in [0.1, 0.15) is 11.9 Å². The van der Waals surface area contributed by atoms with Crippen LogP contribution in [0.1, 0.15) is 36.0 Å². The van der Waals surface area contributed by atoms with Crippen molar-refractivity contribution >= 4 is 34.8 Å². The third kappa shape index (κ3) is 5.75. The van der Waals surface area contributed by atoms with Gasteiger partial charge in [-0.05, 0) is 49.1 Å². The van der Waals surface area contributed by atoms with Crippen molar-refractivity contribution in [3.05, 3.63) is 93.5 Å². The Balaban J connectivity index is 1.77. The Hall–Kier alpha value is -2.95. The molecule has 0 saturated heterocycles. The zero-order valence-electron chi connectivity index (χ0n) is 20.9. The summed E-state index contributed by atoms with van der Waals surface area (Å²) in [6.45, 7) is 1.60. The molecule has 0 spiro atoms. The molecule has 3 aromatic carbocycles. The van der Waals surface area contributed by atoms with Crippen LogP contribution in [-0.2, 0) is 16.8 Å². The molecule has 1 N–H and O–H groups in total. The lowest BCUT2D eigenvalue weighted by Gasteiger charge is -2.34. The molecular formula is C28H23Cl2F6NO3. The first kappa shape index (κ1) is 30.0. The second kappa shape index (κ2) is 11.1. The van der Waals surface area contributed by atoms with E-state index >= 15 is 0 Å². The topological polar surface area (TPSA) is 49.8 Å². The molecule has 4 rings (SSSR count). The molecule has 0 aliphatic carbocycles. The number of nitrogens with zero attached hydrogens (tertiary/aromatic N) is 1. The lowest BCUT2D eigenvalue weighted by atomic mass is 9.89. The van der Waals surface area contributed by atoms with E-state index in [-0.39, 0.29) is 40.7 Å². The van der Waals surface area contributed by atoms with Gasteiger partial charge in [-0.25, -0.2) is 0 Å². The van der Waals surface area contributed by atoms with E-state index in [2.05, 4.69) is 0 Å². The van der Waals surface area contributed by atoms with Crippen LogP contribution in [0.4, 0.5) is 32.0 Å². The van der Waals surface area contributed by atoms with Crippen LogP contribution in [0.15, 0.2) is 66.7 Å². The average Bonchev–Trinajstić information content (AvgIpc) is 3.07. The molecule has 1 aliphatic heterocycles. The Bertz CT molecular complexity index is 1370. The van der Waals surface area contributed by atoms with Crippen molar-refractivity contribution in [1.29, 1.82) is 0 Å². The minimum absolute atomic E-state index is 0.0262. The van der Waals surface area contributed by atoms with Crippen LogP contribution in [-0.4, -0.2) is 36.0 Å². The fraction of sp³-hybridized carbons (Fsp3) is 0.321. The SMILES string of the molecule is CC(C(=O)N1CC(Oc2ccc(Cl)c(Cl)c2)CCc2cc(C(O)(C(F)(F)F)C(F)(F)F)ccc21)c1ccccc1. The van der Waals surface area contributed by atoms with Gasteiger partial charge >= 0.3 is 12.4 Å². The molecule has 0 fully saturated rings. The highest BCUT2D eigenvalue weighted by molar-refractivity contribution is 6.42. The molecule has 0 bridgehead atoms. The van der Waals surface area contributed by atoms with Crippen molar-refractivity contribution in [3.63, 3.8) is 0 Å². The monoisotopic (exact) mass is 605 g/mol. The summed E-state index contributed by atoms with van der Waals surface area (Å²) in [5, 5.41) is 10.5. The molecule has 2 atom stereocenters. The summed E-state index contributed by atoms with van der Waals surface area (Å²) in [4.78, 5) is 15.0. The summed E-state index contributed by atoms with van der Waals surface area (Å²) in [5.74, 6) is -0.815. The number of benzene rings is 3. The summed E-state index contributed by atoms with van der Waals surface area (Å²) < 4.78 is 87.6. The molecule has 1 aliphatic rings. The Morgan fingerprint density at radius 3 is 2.20 bits per heavy atom. The normalized spacial score (nSPS) is 17.1. The first-order valence-electron chi connectivity index (χ1n) is 12.1. The van der Waals surface area contributed by atoms with E-state index in [1.165, 1.54) is 17.0 Å². The summed E-state index contributed by atoms with van der Waals surface area (Å²) in [6.07, 6.45) is -12.7. The summed E-state index contributed by atoms with van der Waals surface area (Å²) in [6, 6.07) is 15.5. The standard InChI is InChI=1S/C28H23Cl2F6NO3/c1-16(17-5-3-2-4-6-17)25(38)37-15-21(40-20-10-11-22(29)23(30)14-20)9-7-18-13-19(8-12-24(18)37)26(39,27(31,32)33)28(34,35)36/h2-6,8,10-14,16,21,39H,7,9,15H2,1H3. The molecule has 2 unspecified atom stereocenters. The van der Waals surface area contributed by atoms with E-state index in [0.29, 0.717) is 23.4 Å². The van der Waals surface area contributed by atoms with Crippen LogP contribution in [0.5, 0.6) is 5.75 Å². The Morgan fingerprint density at radius 1 is 0.950 bits per heavy atom. The largest absolute Gasteiger partial charge is 0.489 e. The van der Waals surface area contributed by atoms with Crippen LogP contribution in [0.2, 0.25) is 10.0 Å². The van der Waals surface area contributed by atoms with Crippen molar-refractivity contribution in [2.75, 3.05) is 11.4 Å². The number of alkyl halides is 6. The fourth-order valence-electron chi connectivity index (χ4n) is 4.64. The molecule has 0 saturated carbocycles. The van der Waals surface area contributed by atoms with Crippen molar-refractivity contribution in [2.45, 2.75) is 49.7 Å². The van der Waals surface area contributed by atoms with Crippen LogP contribution >= 0.6 is 23.2 Å². The maximum absolute atomic E-state index is 13.7. The van der Waals surface area contributed by atoms with Gasteiger partial charge in [0.15, 0.2) is 0 Å². The van der Waals surface area contributed by atoms with Crippen LogP contribution in [0.3, 0.4) is 0 Å². The van der Waals surface area contributed by atoms with Gasteiger partial charge in [0.05, 0.1) is 22.5 Å². The predicted molar refractivity (Wildman–Crippen MR) is 139 cm³/mol. The van der Waals surface area contributed by atoms with E-state index in [4.69, 9.17) is 27.9 Å². The number of halogens is 8. The van der Waals surface area contributed by atoms with E-state index in [1.807, 2.05) is 0 Å². The van der Waals surface area contributed by atoms with E-state index in [1.54, 1.807) is 43.3 Å². The highest BCUT2D eigenvalue weighted by atomic mass is 35.5. The predicted octanol–water partition coefficient (Wildman–Crippen LogP) is 7.84. The van der Waals surface area contributed by atoms with Gasteiger partial charge in [-0.15, -0.1) is 0 Å². The Labute approximate surface area is 236 Å². The number of rotatable bonds is 5. The molecule has 1 amide bonds. The number of carbonyl (C=O) groups is 1. The van der Waals surface area contributed by atoms with Crippen LogP contribution < -0.4 is 9.64 Å². The first-order chi connectivity index (χ1) is 18.6. The second-order valence-electron chi connectivity index (χ2n) is 9.49. The number of amides is 1. The lowest BCUT2D eigenvalue weighted by molar-refractivity contribution is -0.376. The number of hydrogen-bond donors (Lipinski definition) is 1. The molecule has 1 heterocycles. The van der Waals surface area contributed by atoms with E-state index < -0.39 is 41.4 Å². The average molecular weight is 606 g/mol. The molecule has 4 nitrogen and oxygen atoms in total. The van der Waals surface area contributed by atoms with E-state index in [0.717, 1.165) is 6.07 Å². The number of fused-ring (bicyclic) bond motifs is 1. The second-order valence-corrected chi connectivity index (χ2v) is 10.3. The third-order valence-corrected chi connectivity index (χ3v) is 7.60. The quantitative estimate of drug-likeness (QED) is 0.301. The molecule has 0 aromatic heterocycles. The number of ether oxygens (including phenoxy) is 1. The van der Waals surface area contributed by atoms with Gasteiger partial charge in [0, 0.05) is 17.3 Å². The van der Waals surface area contributed by atoms with Crippen molar-refractivity contribution in [1.82, 2.24) is 0 Å². The van der Waals surface area contributed by atoms with Crippen LogP contribution in [0, 0.1) is 0 Å². The molecule has 40 heavy (non-hydrogen) atoms. The van der Waals surface area contributed by atoms with Crippen LogP contribution in [0.25, 0.3) is 0 Å². The van der Waals surface area contributed by atoms with E-state index in [9.17, 15) is 36.2 Å². The number of anilines is 1. The zero-order valence-corrected chi connectivity index (χ0v) is 22.4. The zero-order chi connectivity index (χ0) is 29.5. The Morgan fingerprint density at radius 2 is 1.60 bits per heavy atom. The van der Waals surface area contributed by atoms with Crippen molar-refractivity contribution in [2.24, 2.45) is 0 Å². The van der Waals surface area contributed by atoms with Gasteiger partial charge < -0.3 is 14.7 Å². The van der Waals surface area contributed by atoms with Gasteiger partial charge in [-0.1, -0.05) is 65.7 Å². The van der Waals surface area contributed by atoms with Crippen molar-refractivity contribution < 1.29 is 41.0 Å². The first-order valence-corrected chi connectivity index (χ1v) is 12.9. The lowest BCUT2D eigenvalue weighted by Crippen LogP contribution is -2.54. The van der Waals surface area contributed by atoms with Crippen molar-refractivity contribution in [3.8, 4) is 5.75 Å². The Kier molecular flexibility index (Phi) is 8.36. The number of hydrogen-bond acceptors (Lipinski definition) is 3.